The van der Waals surface area contributed by atoms with Gasteiger partial charge in [-0.25, -0.2) is 0 Å². The summed E-state index contributed by atoms with van der Waals surface area (Å²) < 4.78 is 0. The molecule has 0 saturated heterocycles. The summed E-state index contributed by atoms with van der Waals surface area (Å²) in [4.78, 5) is 0. The monoisotopic (exact) mass is 532 g/mol. The molecule has 0 saturated carbocycles. The van der Waals surface area contributed by atoms with Crippen molar-refractivity contribution in [1.82, 2.24) is 0 Å². The molecule has 7 aromatic carbocycles. The third kappa shape index (κ3) is 2.96. The van der Waals surface area contributed by atoms with Gasteiger partial charge in [-0.2, -0.15) is 0 Å². The summed E-state index contributed by atoms with van der Waals surface area (Å²) in [5.74, 6) is 0.0992. The van der Waals surface area contributed by atoms with Crippen LogP contribution in [0.5, 0.6) is 0 Å². The Hall–Kier alpha value is -5.20. The lowest BCUT2D eigenvalue weighted by Gasteiger charge is -2.44. The summed E-state index contributed by atoms with van der Waals surface area (Å²) >= 11 is 0. The van der Waals surface area contributed by atoms with Crippen molar-refractivity contribution in [3.05, 3.63) is 203 Å². The van der Waals surface area contributed by atoms with E-state index in [0.29, 0.717) is 0 Å². The van der Waals surface area contributed by atoms with Crippen LogP contribution in [0.1, 0.15) is 44.9 Å². The number of hydrogen-bond donors (Lipinski definition) is 0. The first kappa shape index (κ1) is 23.5. The van der Waals surface area contributed by atoms with Crippen LogP contribution in [-0.2, 0) is 5.41 Å². The molecule has 2 aliphatic rings. The van der Waals surface area contributed by atoms with E-state index in [1.807, 2.05) is 0 Å². The van der Waals surface area contributed by atoms with Crippen LogP contribution in [0.25, 0.3) is 33.0 Å². The van der Waals surface area contributed by atoms with Crippen LogP contribution in [-0.4, -0.2) is 0 Å². The highest BCUT2D eigenvalue weighted by molar-refractivity contribution is 6.12. The minimum Gasteiger partial charge on any atom is -0.0622 e. The lowest BCUT2D eigenvalue weighted by atomic mass is 9.57. The fourth-order valence-corrected chi connectivity index (χ4v) is 8.16. The van der Waals surface area contributed by atoms with Gasteiger partial charge in [0, 0.05) is 5.92 Å². The second kappa shape index (κ2) is 8.90. The molecule has 2 atom stereocenters. The van der Waals surface area contributed by atoms with Crippen molar-refractivity contribution in [3.8, 4) is 22.3 Å². The van der Waals surface area contributed by atoms with Crippen molar-refractivity contribution < 1.29 is 0 Å². The average Bonchev–Trinajstić information content (AvgIpc) is 3.39. The molecule has 0 aliphatic heterocycles. The molecule has 42 heavy (non-hydrogen) atoms. The molecular weight excluding hydrogens is 504 g/mol. The zero-order valence-corrected chi connectivity index (χ0v) is 23.2. The van der Waals surface area contributed by atoms with Gasteiger partial charge < -0.3 is 0 Å². The molecule has 0 spiro atoms. The summed E-state index contributed by atoms with van der Waals surface area (Å²) in [7, 11) is 0. The van der Waals surface area contributed by atoms with Gasteiger partial charge in [-0.3, -0.25) is 0 Å². The first-order valence-electron chi connectivity index (χ1n) is 14.8. The molecule has 2 unspecified atom stereocenters. The van der Waals surface area contributed by atoms with Crippen LogP contribution in [0.3, 0.4) is 0 Å². The van der Waals surface area contributed by atoms with Crippen molar-refractivity contribution in [3.63, 3.8) is 0 Å². The van der Waals surface area contributed by atoms with E-state index in [0.717, 1.165) is 0 Å². The van der Waals surface area contributed by atoms with Gasteiger partial charge in [0.1, 0.15) is 0 Å². The maximum Gasteiger partial charge on any atom is 0.0720 e. The van der Waals surface area contributed by atoms with Crippen LogP contribution in [0, 0.1) is 0 Å². The summed E-state index contributed by atoms with van der Waals surface area (Å²) in [5.41, 5.74) is 14.6. The average molecular weight is 533 g/mol. The van der Waals surface area contributed by atoms with E-state index < -0.39 is 5.41 Å². The third-order valence-corrected chi connectivity index (χ3v) is 9.60. The van der Waals surface area contributed by atoms with Gasteiger partial charge in [-0.05, 0) is 72.0 Å². The Morgan fingerprint density at radius 2 is 0.976 bits per heavy atom. The van der Waals surface area contributed by atoms with E-state index in [4.69, 9.17) is 0 Å². The number of benzene rings is 7. The fourth-order valence-electron chi connectivity index (χ4n) is 8.16. The van der Waals surface area contributed by atoms with Crippen LogP contribution in [0.4, 0.5) is 0 Å². The van der Waals surface area contributed by atoms with Gasteiger partial charge in [-0.15, -0.1) is 0 Å². The minimum atomic E-state index is -0.419. The molecule has 0 fully saturated rings. The summed E-state index contributed by atoms with van der Waals surface area (Å²) in [5, 5.41) is 2.64. The van der Waals surface area contributed by atoms with Gasteiger partial charge in [-0.1, -0.05) is 164 Å². The molecule has 0 bridgehead atoms. The zero-order valence-electron chi connectivity index (χ0n) is 23.2. The van der Waals surface area contributed by atoms with Crippen molar-refractivity contribution in [2.75, 3.05) is 0 Å². The quantitative estimate of drug-likeness (QED) is 0.212. The molecule has 196 valence electrons. The first-order valence-corrected chi connectivity index (χ1v) is 14.8. The van der Waals surface area contributed by atoms with Crippen molar-refractivity contribution in [1.29, 1.82) is 0 Å². The highest BCUT2D eigenvalue weighted by Gasteiger charge is 2.53. The van der Waals surface area contributed by atoms with Gasteiger partial charge in [0.25, 0.3) is 0 Å². The van der Waals surface area contributed by atoms with E-state index in [-0.39, 0.29) is 5.92 Å². The SMILES string of the molecule is c1ccc(-c2c3c4c(c5ccccc25)-c2ccccc2C4(c2ccccc2)c2ccccc2C3c2ccccc2)cc1. The van der Waals surface area contributed by atoms with Crippen LogP contribution in [0.15, 0.2) is 164 Å². The smallest absolute Gasteiger partial charge is 0.0622 e. The Bertz CT molecular complexity index is 2110. The Balaban J connectivity index is 1.60. The fraction of sp³-hybridized carbons (Fsp3) is 0.0476. The van der Waals surface area contributed by atoms with Gasteiger partial charge >= 0.3 is 0 Å². The summed E-state index contributed by atoms with van der Waals surface area (Å²) in [6.07, 6.45) is 0. The molecule has 0 amide bonds. The number of hydrogen-bond acceptors (Lipinski definition) is 0. The molecule has 0 aromatic heterocycles. The second-order valence-corrected chi connectivity index (χ2v) is 11.5. The van der Waals surface area contributed by atoms with Crippen LogP contribution >= 0.6 is 0 Å². The highest BCUT2D eigenvalue weighted by Crippen LogP contribution is 2.66. The largest absolute Gasteiger partial charge is 0.0720 e. The molecule has 0 nitrogen and oxygen atoms in total. The number of fused-ring (bicyclic) bond motifs is 7. The van der Waals surface area contributed by atoms with Gasteiger partial charge in [0.05, 0.1) is 5.41 Å². The normalized spacial score (nSPS) is 17.9. The molecule has 0 N–H and O–H groups in total. The van der Waals surface area contributed by atoms with Gasteiger partial charge in [0.15, 0.2) is 0 Å². The topological polar surface area (TPSA) is 0 Å². The maximum absolute atomic E-state index is 2.39. The van der Waals surface area contributed by atoms with E-state index in [2.05, 4.69) is 164 Å². The van der Waals surface area contributed by atoms with Crippen LogP contribution < -0.4 is 0 Å². The van der Waals surface area contributed by atoms with Crippen molar-refractivity contribution in [2.24, 2.45) is 0 Å². The summed E-state index contributed by atoms with van der Waals surface area (Å²) in [6.45, 7) is 0. The Morgan fingerprint density at radius 3 is 1.71 bits per heavy atom. The first-order chi connectivity index (χ1) is 20.9. The standard InChI is InChI=1S/C42H28/c1-4-16-28(17-5-1)37-31-22-10-11-23-32(31)39-34-25-13-15-27-36(34)42(30-20-8-3-9-21-30)35-26-14-12-24-33(35)38(40(37)41(39)42)29-18-6-2-7-19-29/h1-27,38H. The van der Waals surface area contributed by atoms with Gasteiger partial charge in [0.2, 0.25) is 0 Å². The summed E-state index contributed by atoms with van der Waals surface area (Å²) in [6, 6.07) is 60.9. The Labute approximate surface area is 246 Å². The Morgan fingerprint density at radius 1 is 0.429 bits per heavy atom. The molecule has 7 aromatic rings. The minimum absolute atomic E-state index is 0.0992. The highest BCUT2D eigenvalue weighted by atomic mass is 14.5. The predicted octanol–water partition coefficient (Wildman–Crippen LogP) is 10.4. The third-order valence-electron chi connectivity index (χ3n) is 9.60. The van der Waals surface area contributed by atoms with E-state index in [9.17, 15) is 0 Å². The zero-order chi connectivity index (χ0) is 27.7. The van der Waals surface area contributed by atoms with E-state index in [1.165, 1.54) is 72.0 Å². The molecule has 0 radical (unpaired) electrons. The van der Waals surface area contributed by atoms with Crippen molar-refractivity contribution >= 4 is 10.8 Å². The lowest BCUT2D eigenvalue weighted by molar-refractivity contribution is 0.702. The van der Waals surface area contributed by atoms with Crippen molar-refractivity contribution in [2.45, 2.75) is 11.3 Å². The predicted molar refractivity (Wildman–Crippen MR) is 174 cm³/mol. The van der Waals surface area contributed by atoms with Crippen LogP contribution in [0.2, 0.25) is 0 Å². The molecule has 9 rings (SSSR count). The second-order valence-electron chi connectivity index (χ2n) is 11.5. The maximum atomic E-state index is 2.39. The van der Waals surface area contributed by atoms with E-state index in [1.54, 1.807) is 0 Å². The lowest BCUT2D eigenvalue weighted by Crippen LogP contribution is -2.36. The Kier molecular flexibility index (Phi) is 4.98. The molecule has 0 heteroatoms. The molecule has 2 aliphatic carbocycles. The molecule has 0 heterocycles. The van der Waals surface area contributed by atoms with E-state index >= 15 is 0 Å². The number of rotatable bonds is 3. The molecular formula is C42H28.